The third kappa shape index (κ3) is 12.7. The van der Waals surface area contributed by atoms with Crippen molar-refractivity contribution in [1.29, 1.82) is 0 Å². The predicted octanol–water partition coefficient (Wildman–Crippen LogP) is 5.81. The van der Waals surface area contributed by atoms with E-state index in [1.165, 1.54) is 31.2 Å². The lowest BCUT2D eigenvalue weighted by Crippen LogP contribution is -2.42. The summed E-state index contributed by atoms with van der Waals surface area (Å²) in [5.41, 5.74) is 7.27. The molecule has 1 unspecified atom stereocenters. The van der Waals surface area contributed by atoms with Gasteiger partial charge in [0.25, 0.3) is 0 Å². The minimum atomic E-state index is -0.908. The van der Waals surface area contributed by atoms with Gasteiger partial charge < -0.3 is 21.3 Å². The predicted molar refractivity (Wildman–Crippen MR) is 147 cm³/mol. The SMILES string of the molecule is CCCCCCC=CCCC[C@H](CNC)C(CCN)[C@H](CCc1ccccc1)[C@H](C(=O)O)[C@H](C)O. The van der Waals surface area contributed by atoms with E-state index < -0.39 is 18.0 Å². The lowest BCUT2D eigenvalue weighted by atomic mass is 9.68. The molecule has 0 heterocycles. The third-order valence-electron chi connectivity index (χ3n) is 7.33. The summed E-state index contributed by atoms with van der Waals surface area (Å²) >= 11 is 0. The molecule has 0 aromatic heterocycles. The Balaban J connectivity index is 2.93. The van der Waals surface area contributed by atoms with E-state index in [4.69, 9.17) is 5.73 Å². The Morgan fingerprint density at radius 3 is 2.26 bits per heavy atom. The van der Waals surface area contributed by atoms with Crippen molar-refractivity contribution in [2.75, 3.05) is 20.1 Å². The van der Waals surface area contributed by atoms with E-state index in [1.807, 2.05) is 25.2 Å². The molecule has 35 heavy (non-hydrogen) atoms. The number of unbranched alkanes of at least 4 members (excludes halogenated alkanes) is 5. The largest absolute Gasteiger partial charge is 0.481 e. The lowest BCUT2D eigenvalue weighted by molar-refractivity contribution is -0.150. The van der Waals surface area contributed by atoms with Crippen LogP contribution in [0.3, 0.4) is 0 Å². The standard InChI is InChI=1S/C30H52N2O3/c1-4-5-6-7-8-9-10-11-15-18-26(23-32-3)27(21-22-31)28(29(24(2)33)30(34)35)20-19-25-16-13-12-14-17-25/h9-10,12-14,16-17,24,26-29,32-33H,4-8,11,15,18-23,31H2,1-3H3,(H,34,35)/t24-,26+,27?,28-,29+/m0/s1. The number of carbonyl (C=O) groups is 1. The summed E-state index contributed by atoms with van der Waals surface area (Å²) in [4.78, 5) is 12.3. The van der Waals surface area contributed by atoms with Gasteiger partial charge in [0.2, 0.25) is 0 Å². The number of nitrogens with one attached hydrogen (secondary N) is 1. The van der Waals surface area contributed by atoms with Crippen LogP contribution in [-0.2, 0) is 11.2 Å². The molecule has 1 rings (SSSR count). The second-order valence-corrected chi connectivity index (χ2v) is 10.1. The van der Waals surface area contributed by atoms with Crippen LogP contribution in [0.25, 0.3) is 0 Å². The van der Waals surface area contributed by atoms with Gasteiger partial charge in [-0.25, -0.2) is 0 Å². The van der Waals surface area contributed by atoms with E-state index in [2.05, 4.69) is 36.5 Å². The molecule has 0 saturated heterocycles. The highest BCUT2D eigenvalue weighted by atomic mass is 16.4. The molecule has 5 atom stereocenters. The van der Waals surface area contributed by atoms with Crippen LogP contribution in [0.15, 0.2) is 42.5 Å². The highest BCUT2D eigenvalue weighted by Crippen LogP contribution is 2.37. The smallest absolute Gasteiger partial charge is 0.309 e. The van der Waals surface area contributed by atoms with Crippen LogP contribution in [-0.4, -0.2) is 42.4 Å². The van der Waals surface area contributed by atoms with Crippen LogP contribution in [0.4, 0.5) is 0 Å². The van der Waals surface area contributed by atoms with Gasteiger partial charge in [-0.05, 0) is 102 Å². The Hall–Kier alpha value is -1.69. The Morgan fingerprint density at radius 2 is 1.69 bits per heavy atom. The second-order valence-electron chi connectivity index (χ2n) is 10.1. The van der Waals surface area contributed by atoms with Gasteiger partial charge in [0.1, 0.15) is 0 Å². The normalized spacial score (nSPS) is 16.1. The Bertz CT molecular complexity index is 677. The van der Waals surface area contributed by atoms with Gasteiger partial charge in [0.05, 0.1) is 12.0 Å². The number of allylic oxidation sites excluding steroid dienone is 2. The number of aryl methyl sites for hydroxylation is 1. The van der Waals surface area contributed by atoms with Crippen LogP contribution < -0.4 is 11.1 Å². The maximum absolute atomic E-state index is 12.3. The first-order valence-corrected chi connectivity index (χ1v) is 13.9. The first-order chi connectivity index (χ1) is 17.0. The van der Waals surface area contributed by atoms with E-state index in [0.717, 1.165) is 51.5 Å². The monoisotopic (exact) mass is 488 g/mol. The van der Waals surface area contributed by atoms with Crippen molar-refractivity contribution in [2.24, 2.45) is 29.4 Å². The number of rotatable bonds is 21. The quantitative estimate of drug-likeness (QED) is 0.129. The first-order valence-electron chi connectivity index (χ1n) is 13.9. The van der Waals surface area contributed by atoms with Gasteiger partial charge in [-0.2, -0.15) is 0 Å². The molecule has 200 valence electrons. The highest BCUT2D eigenvalue weighted by Gasteiger charge is 2.39. The lowest BCUT2D eigenvalue weighted by Gasteiger charge is -2.38. The fourth-order valence-electron chi connectivity index (χ4n) is 5.53. The zero-order chi connectivity index (χ0) is 25.9. The van der Waals surface area contributed by atoms with Crippen molar-refractivity contribution < 1.29 is 15.0 Å². The minimum absolute atomic E-state index is 0.135. The number of nitrogens with two attached hydrogens (primary N) is 1. The number of carboxylic acid groups (broad SMARTS) is 1. The molecule has 0 fully saturated rings. The Kier molecular flexibility index (Phi) is 17.5. The summed E-state index contributed by atoms with van der Waals surface area (Å²) in [6.45, 7) is 5.21. The topological polar surface area (TPSA) is 95.6 Å². The van der Waals surface area contributed by atoms with Crippen LogP contribution in [0.5, 0.6) is 0 Å². The number of hydrogen-bond acceptors (Lipinski definition) is 4. The molecule has 0 radical (unpaired) electrons. The van der Waals surface area contributed by atoms with Crippen molar-refractivity contribution in [1.82, 2.24) is 5.32 Å². The fourth-order valence-corrected chi connectivity index (χ4v) is 5.53. The molecule has 0 aliphatic rings. The van der Waals surface area contributed by atoms with Crippen molar-refractivity contribution in [3.05, 3.63) is 48.0 Å². The van der Waals surface area contributed by atoms with E-state index in [9.17, 15) is 15.0 Å². The number of carboxylic acids is 1. The fraction of sp³-hybridized carbons (Fsp3) is 0.700. The van der Waals surface area contributed by atoms with Gasteiger partial charge in [0, 0.05) is 0 Å². The highest BCUT2D eigenvalue weighted by molar-refractivity contribution is 5.71. The van der Waals surface area contributed by atoms with E-state index in [-0.39, 0.29) is 11.8 Å². The average Bonchev–Trinajstić information content (AvgIpc) is 2.83. The van der Waals surface area contributed by atoms with Gasteiger partial charge in [-0.1, -0.05) is 68.7 Å². The minimum Gasteiger partial charge on any atom is -0.481 e. The van der Waals surface area contributed by atoms with Gasteiger partial charge in [-0.3, -0.25) is 4.79 Å². The summed E-state index contributed by atoms with van der Waals surface area (Å²) in [7, 11) is 1.96. The molecule has 0 aliphatic heterocycles. The van der Waals surface area contributed by atoms with Gasteiger partial charge >= 0.3 is 5.97 Å². The summed E-state index contributed by atoms with van der Waals surface area (Å²) < 4.78 is 0. The molecule has 1 aromatic rings. The van der Waals surface area contributed by atoms with Crippen molar-refractivity contribution in [3.63, 3.8) is 0 Å². The summed E-state index contributed by atoms with van der Waals surface area (Å²) in [6, 6.07) is 10.2. The molecule has 5 N–H and O–H groups in total. The molecular weight excluding hydrogens is 436 g/mol. The molecule has 0 bridgehead atoms. The summed E-state index contributed by atoms with van der Waals surface area (Å²) in [5, 5.41) is 23.9. The zero-order valence-corrected chi connectivity index (χ0v) is 22.5. The van der Waals surface area contributed by atoms with Crippen LogP contribution in [0.1, 0.15) is 83.6 Å². The molecule has 0 spiro atoms. The number of aliphatic hydroxyl groups is 1. The van der Waals surface area contributed by atoms with Crippen molar-refractivity contribution in [3.8, 4) is 0 Å². The van der Waals surface area contributed by atoms with Crippen LogP contribution in [0.2, 0.25) is 0 Å². The Morgan fingerprint density at radius 1 is 1.00 bits per heavy atom. The third-order valence-corrected chi connectivity index (χ3v) is 7.33. The molecule has 5 nitrogen and oxygen atoms in total. The molecule has 0 saturated carbocycles. The van der Waals surface area contributed by atoms with Crippen LogP contribution >= 0.6 is 0 Å². The van der Waals surface area contributed by atoms with Crippen LogP contribution in [0, 0.1) is 23.7 Å². The van der Waals surface area contributed by atoms with Gasteiger partial charge in [-0.15, -0.1) is 0 Å². The van der Waals surface area contributed by atoms with E-state index >= 15 is 0 Å². The Labute approximate surface area is 214 Å². The number of aliphatic carboxylic acids is 1. The zero-order valence-electron chi connectivity index (χ0n) is 22.5. The molecular formula is C30H52N2O3. The number of aliphatic hydroxyl groups excluding tert-OH is 1. The summed E-state index contributed by atoms with van der Waals surface area (Å²) in [5.74, 6) is -1.37. The molecule has 0 amide bonds. The number of hydrogen-bond donors (Lipinski definition) is 4. The van der Waals surface area contributed by atoms with E-state index in [1.54, 1.807) is 6.92 Å². The molecule has 0 aliphatic carbocycles. The maximum Gasteiger partial charge on any atom is 0.309 e. The number of benzene rings is 1. The molecule has 5 heteroatoms. The van der Waals surface area contributed by atoms with Crippen molar-refractivity contribution >= 4 is 5.97 Å². The molecule has 1 aromatic carbocycles. The summed E-state index contributed by atoms with van der Waals surface area (Å²) in [6.07, 6.45) is 15.5. The van der Waals surface area contributed by atoms with E-state index in [0.29, 0.717) is 12.5 Å². The second kappa shape index (κ2) is 19.5. The van der Waals surface area contributed by atoms with Crippen molar-refractivity contribution in [2.45, 2.75) is 90.6 Å². The maximum atomic E-state index is 12.3. The average molecular weight is 489 g/mol. The van der Waals surface area contributed by atoms with Gasteiger partial charge in [0.15, 0.2) is 0 Å². The first kappa shape index (κ1) is 31.3.